The summed E-state index contributed by atoms with van der Waals surface area (Å²) in [4.78, 5) is 0. The SMILES string of the molecule is CCC1CCC(C#CC2CCC(C3CCC(C)CC3)CC2O)CC1. The van der Waals surface area contributed by atoms with Crippen LogP contribution in [0.3, 0.4) is 0 Å². The van der Waals surface area contributed by atoms with E-state index >= 15 is 0 Å². The van der Waals surface area contributed by atoms with E-state index in [4.69, 9.17) is 0 Å². The van der Waals surface area contributed by atoms with Gasteiger partial charge in [0.2, 0.25) is 0 Å². The third-order valence-electron chi connectivity index (χ3n) is 7.48. The van der Waals surface area contributed by atoms with Crippen molar-refractivity contribution in [2.45, 2.75) is 97.0 Å². The van der Waals surface area contributed by atoms with Gasteiger partial charge in [0.05, 0.1) is 6.10 Å². The Morgan fingerprint density at radius 3 is 2.08 bits per heavy atom. The van der Waals surface area contributed by atoms with E-state index in [1.165, 1.54) is 64.2 Å². The van der Waals surface area contributed by atoms with Gasteiger partial charge in [-0.3, -0.25) is 0 Å². The molecule has 0 aromatic carbocycles. The fourth-order valence-electron chi connectivity index (χ4n) is 5.47. The summed E-state index contributed by atoms with van der Waals surface area (Å²) in [7, 11) is 0. The summed E-state index contributed by atoms with van der Waals surface area (Å²) in [5.74, 6) is 11.5. The van der Waals surface area contributed by atoms with E-state index < -0.39 is 0 Å². The lowest BCUT2D eigenvalue weighted by molar-refractivity contribution is 0.0405. The zero-order valence-electron chi connectivity index (χ0n) is 16.0. The molecule has 0 aromatic rings. The van der Waals surface area contributed by atoms with Gasteiger partial charge in [0.15, 0.2) is 0 Å². The van der Waals surface area contributed by atoms with E-state index in [9.17, 15) is 5.11 Å². The second-order valence-corrected chi connectivity index (χ2v) is 9.18. The van der Waals surface area contributed by atoms with Crippen LogP contribution in [0.5, 0.6) is 0 Å². The maximum Gasteiger partial charge on any atom is 0.0680 e. The Bertz CT molecular complexity index is 429. The van der Waals surface area contributed by atoms with Gasteiger partial charge in [0, 0.05) is 11.8 Å². The Morgan fingerprint density at radius 2 is 1.46 bits per heavy atom. The first-order valence-electron chi connectivity index (χ1n) is 10.8. The number of rotatable bonds is 2. The van der Waals surface area contributed by atoms with Crippen LogP contribution in [0, 0.1) is 47.3 Å². The Hall–Kier alpha value is -0.480. The molecule has 3 saturated carbocycles. The van der Waals surface area contributed by atoms with Crippen LogP contribution in [-0.4, -0.2) is 11.2 Å². The smallest absolute Gasteiger partial charge is 0.0680 e. The minimum atomic E-state index is -0.164. The molecule has 0 saturated heterocycles. The molecule has 0 aromatic heterocycles. The Morgan fingerprint density at radius 1 is 0.792 bits per heavy atom. The van der Waals surface area contributed by atoms with Crippen molar-refractivity contribution in [1.82, 2.24) is 0 Å². The lowest BCUT2D eigenvalue weighted by Crippen LogP contribution is -2.33. The highest BCUT2D eigenvalue weighted by atomic mass is 16.3. The van der Waals surface area contributed by atoms with Gasteiger partial charge >= 0.3 is 0 Å². The lowest BCUT2D eigenvalue weighted by atomic mass is 9.68. The summed E-state index contributed by atoms with van der Waals surface area (Å²) < 4.78 is 0. The molecule has 3 fully saturated rings. The Kier molecular flexibility index (Phi) is 6.68. The van der Waals surface area contributed by atoms with Crippen molar-refractivity contribution < 1.29 is 5.11 Å². The highest BCUT2D eigenvalue weighted by Gasteiger charge is 2.34. The molecule has 0 bridgehead atoms. The van der Waals surface area contributed by atoms with Crippen LogP contribution in [0.25, 0.3) is 0 Å². The highest BCUT2D eigenvalue weighted by Crippen LogP contribution is 2.41. The standard InChI is InChI=1S/C23H38O/c1-3-18-6-8-19(9-7-18)10-13-21-14-15-22(16-23(21)24)20-11-4-17(2)5-12-20/h17-24H,3-9,11-12,14-16H2,1-2H3. The number of aliphatic hydroxyl groups is 1. The van der Waals surface area contributed by atoms with E-state index in [-0.39, 0.29) is 12.0 Å². The van der Waals surface area contributed by atoms with E-state index in [0.29, 0.717) is 5.92 Å². The molecule has 1 nitrogen and oxygen atoms in total. The molecule has 3 unspecified atom stereocenters. The van der Waals surface area contributed by atoms with Crippen molar-refractivity contribution in [3.05, 3.63) is 0 Å². The summed E-state index contributed by atoms with van der Waals surface area (Å²) >= 11 is 0. The zero-order chi connectivity index (χ0) is 16.9. The molecule has 24 heavy (non-hydrogen) atoms. The third-order valence-corrected chi connectivity index (χ3v) is 7.48. The number of aliphatic hydroxyl groups excluding tert-OH is 1. The van der Waals surface area contributed by atoms with Crippen LogP contribution in [0.4, 0.5) is 0 Å². The molecule has 1 heteroatoms. The van der Waals surface area contributed by atoms with E-state index in [1.54, 1.807) is 0 Å². The van der Waals surface area contributed by atoms with Crippen molar-refractivity contribution in [2.24, 2.45) is 35.5 Å². The van der Waals surface area contributed by atoms with E-state index in [2.05, 4.69) is 25.7 Å². The maximum atomic E-state index is 10.6. The van der Waals surface area contributed by atoms with Crippen LogP contribution in [0.1, 0.15) is 90.9 Å². The minimum Gasteiger partial charge on any atom is -0.392 e. The summed E-state index contributed by atoms with van der Waals surface area (Å²) in [6, 6.07) is 0. The quantitative estimate of drug-likeness (QED) is 0.633. The molecule has 0 amide bonds. The number of hydrogen-bond acceptors (Lipinski definition) is 1. The zero-order valence-corrected chi connectivity index (χ0v) is 16.0. The molecule has 3 rings (SSSR count). The first-order chi connectivity index (χ1) is 11.7. The molecule has 1 N–H and O–H groups in total. The van der Waals surface area contributed by atoms with Crippen LogP contribution >= 0.6 is 0 Å². The average Bonchev–Trinajstić information content (AvgIpc) is 2.62. The molecular formula is C23H38O. The van der Waals surface area contributed by atoms with Crippen molar-refractivity contribution in [1.29, 1.82) is 0 Å². The van der Waals surface area contributed by atoms with Gasteiger partial charge in [-0.1, -0.05) is 45.0 Å². The van der Waals surface area contributed by atoms with Crippen molar-refractivity contribution in [3.8, 4) is 11.8 Å². The fraction of sp³-hybridized carbons (Fsp3) is 0.913. The summed E-state index contributed by atoms with van der Waals surface area (Å²) in [5.41, 5.74) is 0. The summed E-state index contributed by atoms with van der Waals surface area (Å²) in [5, 5.41) is 10.6. The van der Waals surface area contributed by atoms with Crippen LogP contribution in [0.15, 0.2) is 0 Å². The summed E-state index contributed by atoms with van der Waals surface area (Å²) in [6.07, 6.45) is 15.5. The second-order valence-electron chi connectivity index (χ2n) is 9.18. The van der Waals surface area contributed by atoms with Gasteiger partial charge < -0.3 is 5.11 Å². The van der Waals surface area contributed by atoms with Gasteiger partial charge in [0.1, 0.15) is 0 Å². The first kappa shape index (κ1) is 18.3. The average molecular weight is 331 g/mol. The van der Waals surface area contributed by atoms with Crippen molar-refractivity contribution >= 4 is 0 Å². The molecule has 0 radical (unpaired) electrons. The topological polar surface area (TPSA) is 20.2 Å². The maximum absolute atomic E-state index is 10.6. The lowest BCUT2D eigenvalue weighted by Gasteiger charge is -2.38. The Labute approximate surface area is 150 Å². The molecule has 0 spiro atoms. The summed E-state index contributed by atoms with van der Waals surface area (Å²) in [6.45, 7) is 4.71. The molecule has 3 aliphatic carbocycles. The normalized spacial score (nSPS) is 43.7. The van der Waals surface area contributed by atoms with Gasteiger partial charge in [0.25, 0.3) is 0 Å². The predicted octanol–water partition coefficient (Wildman–Crippen LogP) is 5.81. The minimum absolute atomic E-state index is 0.164. The van der Waals surface area contributed by atoms with Gasteiger partial charge in [-0.2, -0.15) is 0 Å². The van der Waals surface area contributed by atoms with E-state index in [0.717, 1.165) is 36.5 Å². The van der Waals surface area contributed by atoms with Crippen LogP contribution < -0.4 is 0 Å². The van der Waals surface area contributed by atoms with Crippen molar-refractivity contribution in [2.75, 3.05) is 0 Å². The molecule has 136 valence electrons. The fourth-order valence-corrected chi connectivity index (χ4v) is 5.47. The molecule has 0 aliphatic heterocycles. The van der Waals surface area contributed by atoms with Gasteiger partial charge in [-0.15, -0.1) is 0 Å². The second kappa shape index (κ2) is 8.75. The van der Waals surface area contributed by atoms with Crippen LogP contribution in [-0.2, 0) is 0 Å². The molecule has 3 aliphatic rings. The third kappa shape index (κ3) is 4.78. The predicted molar refractivity (Wildman–Crippen MR) is 101 cm³/mol. The van der Waals surface area contributed by atoms with Crippen LogP contribution in [0.2, 0.25) is 0 Å². The first-order valence-corrected chi connectivity index (χ1v) is 10.8. The largest absolute Gasteiger partial charge is 0.392 e. The highest BCUT2D eigenvalue weighted by molar-refractivity contribution is 5.11. The monoisotopic (exact) mass is 330 g/mol. The Balaban J connectivity index is 1.45. The van der Waals surface area contributed by atoms with Gasteiger partial charge in [-0.25, -0.2) is 0 Å². The molecular weight excluding hydrogens is 292 g/mol. The van der Waals surface area contributed by atoms with E-state index in [1.807, 2.05) is 0 Å². The van der Waals surface area contributed by atoms with Crippen molar-refractivity contribution in [3.63, 3.8) is 0 Å². The molecule has 3 atom stereocenters. The molecule has 0 heterocycles. The number of hydrogen-bond donors (Lipinski definition) is 1. The van der Waals surface area contributed by atoms with Gasteiger partial charge in [-0.05, 0) is 81.5 Å².